The van der Waals surface area contributed by atoms with E-state index in [0.717, 1.165) is 5.56 Å². The van der Waals surface area contributed by atoms with Crippen LogP contribution in [0.25, 0.3) is 0 Å². The van der Waals surface area contributed by atoms with Gasteiger partial charge >= 0.3 is 0 Å². The Hall–Kier alpha value is -1.64. The maximum Gasteiger partial charge on any atom is 0.210 e. The third kappa shape index (κ3) is 1.33. The van der Waals surface area contributed by atoms with Crippen molar-refractivity contribution in [1.82, 2.24) is 0 Å². The quantitative estimate of drug-likeness (QED) is 0.660. The highest BCUT2D eigenvalue weighted by molar-refractivity contribution is 5.54. The van der Waals surface area contributed by atoms with E-state index in [4.69, 9.17) is 14.2 Å². The molecule has 0 unspecified atom stereocenters. The van der Waals surface area contributed by atoms with Crippen molar-refractivity contribution in [3.63, 3.8) is 0 Å². The van der Waals surface area contributed by atoms with Gasteiger partial charge in [0, 0.05) is 0 Å². The van der Waals surface area contributed by atoms with Gasteiger partial charge in [-0.25, -0.2) is 0 Å². The molecule has 0 N–H and O–H groups in total. The molecule has 3 heteroatoms. The van der Waals surface area contributed by atoms with Gasteiger partial charge in [0.05, 0.1) is 7.11 Å². The highest BCUT2D eigenvalue weighted by Gasteiger charge is 2.14. The van der Waals surface area contributed by atoms with Crippen LogP contribution < -0.4 is 14.2 Å². The number of ether oxygens (including phenoxy) is 3. The molecule has 0 fully saturated rings. The molecule has 0 amide bonds. The molecule has 1 aromatic rings. The van der Waals surface area contributed by atoms with Crippen LogP contribution in [0.1, 0.15) is 5.56 Å². The number of fused-ring (bicyclic) bond motifs is 1. The second-order valence-electron chi connectivity index (χ2n) is 2.80. The average molecular weight is 178 g/mol. The summed E-state index contributed by atoms with van der Waals surface area (Å²) >= 11 is 0. The van der Waals surface area contributed by atoms with Crippen LogP contribution in [0.4, 0.5) is 0 Å². The van der Waals surface area contributed by atoms with E-state index in [9.17, 15) is 0 Å². The normalized spacial score (nSPS) is 12.8. The molecular formula is C10H10O3. The van der Waals surface area contributed by atoms with Gasteiger partial charge in [0.25, 0.3) is 0 Å². The predicted molar refractivity (Wildman–Crippen MR) is 48.1 cm³/mol. The Morgan fingerprint density at radius 3 is 2.69 bits per heavy atom. The van der Waals surface area contributed by atoms with E-state index in [1.165, 1.54) is 12.5 Å². The number of aryl methyl sites for hydroxylation is 1. The Morgan fingerprint density at radius 1 is 1.15 bits per heavy atom. The second-order valence-corrected chi connectivity index (χ2v) is 2.80. The minimum atomic E-state index is 0.635. The zero-order valence-corrected chi connectivity index (χ0v) is 7.53. The van der Waals surface area contributed by atoms with Gasteiger partial charge in [-0.15, -0.1) is 0 Å². The Bertz CT molecular complexity index is 355. The number of rotatable bonds is 1. The molecule has 13 heavy (non-hydrogen) atoms. The van der Waals surface area contributed by atoms with Gasteiger partial charge in [-0.3, -0.25) is 0 Å². The molecule has 1 aliphatic rings. The monoisotopic (exact) mass is 178 g/mol. The molecule has 0 radical (unpaired) electrons. The van der Waals surface area contributed by atoms with Crippen molar-refractivity contribution in [3.05, 3.63) is 30.2 Å². The van der Waals surface area contributed by atoms with Gasteiger partial charge in [0.2, 0.25) is 5.75 Å². The number of hydrogen-bond acceptors (Lipinski definition) is 3. The molecule has 0 saturated heterocycles. The zero-order valence-electron chi connectivity index (χ0n) is 7.53. The highest BCUT2D eigenvalue weighted by Crippen LogP contribution is 2.40. The van der Waals surface area contributed by atoms with E-state index < -0.39 is 0 Å². The van der Waals surface area contributed by atoms with Crippen molar-refractivity contribution in [2.75, 3.05) is 7.11 Å². The lowest BCUT2D eigenvalue weighted by atomic mass is 10.2. The van der Waals surface area contributed by atoms with E-state index in [-0.39, 0.29) is 0 Å². The molecule has 0 atom stereocenters. The van der Waals surface area contributed by atoms with Gasteiger partial charge < -0.3 is 14.2 Å². The third-order valence-electron chi connectivity index (χ3n) is 1.82. The maximum atomic E-state index is 5.27. The summed E-state index contributed by atoms with van der Waals surface area (Å²) < 4.78 is 15.7. The van der Waals surface area contributed by atoms with E-state index in [1.807, 2.05) is 19.1 Å². The maximum absolute atomic E-state index is 5.27. The van der Waals surface area contributed by atoms with Crippen LogP contribution in [0.3, 0.4) is 0 Å². The highest BCUT2D eigenvalue weighted by atomic mass is 16.6. The first kappa shape index (κ1) is 7.98. The number of methoxy groups -OCH3 is 1. The first-order valence-corrected chi connectivity index (χ1v) is 3.98. The molecule has 1 aromatic carbocycles. The van der Waals surface area contributed by atoms with Crippen molar-refractivity contribution < 1.29 is 14.2 Å². The third-order valence-corrected chi connectivity index (χ3v) is 1.82. The van der Waals surface area contributed by atoms with Crippen molar-refractivity contribution in [1.29, 1.82) is 0 Å². The summed E-state index contributed by atoms with van der Waals surface area (Å²) in [6, 6.07) is 3.81. The van der Waals surface area contributed by atoms with Crippen LogP contribution in [0.15, 0.2) is 24.7 Å². The smallest absolute Gasteiger partial charge is 0.210 e. The molecule has 2 rings (SSSR count). The molecule has 0 aliphatic carbocycles. The Kier molecular flexibility index (Phi) is 1.85. The SMILES string of the molecule is COc1cc(C)cc2c1OC=CO2. The van der Waals surface area contributed by atoms with Crippen molar-refractivity contribution in [3.8, 4) is 17.2 Å². The lowest BCUT2D eigenvalue weighted by Crippen LogP contribution is -1.99. The summed E-state index contributed by atoms with van der Waals surface area (Å²) in [7, 11) is 1.61. The zero-order chi connectivity index (χ0) is 9.26. The van der Waals surface area contributed by atoms with E-state index >= 15 is 0 Å². The Balaban J connectivity index is 2.54. The summed E-state index contributed by atoms with van der Waals surface area (Å²) in [5.74, 6) is 2.02. The van der Waals surface area contributed by atoms with Crippen LogP contribution in [-0.4, -0.2) is 7.11 Å². The predicted octanol–water partition coefficient (Wildman–Crippen LogP) is 2.25. The average Bonchev–Trinajstić information content (AvgIpc) is 2.16. The minimum absolute atomic E-state index is 0.635. The van der Waals surface area contributed by atoms with Crippen molar-refractivity contribution in [2.45, 2.75) is 6.92 Å². The molecular weight excluding hydrogens is 168 g/mol. The largest absolute Gasteiger partial charge is 0.493 e. The fourth-order valence-corrected chi connectivity index (χ4v) is 1.26. The van der Waals surface area contributed by atoms with E-state index in [0.29, 0.717) is 17.2 Å². The van der Waals surface area contributed by atoms with Gasteiger partial charge in [-0.2, -0.15) is 0 Å². The molecule has 0 saturated carbocycles. The van der Waals surface area contributed by atoms with Crippen molar-refractivity contribution in [2.24, 2.45) is 0 Å². The Labute approximate surface area is 76.5 Å². The van der Waals surface area contributed by atoms with Crippen LogP contribution >= 0.6 is 0 Å². The first-order chi connectivity index (χ1) is 6.31. The minimum Gasteiger partial charge on any atom is -0.493 e. The summed E-state index contributed by atoms with van der Waals surface area (Å²) in [4.78, 5) is 0. The molecule has 3 nitrogen and oxygen atoms in total. The fraction of sp³-hybridized carbons (Fsp3) is 0.200. The fourth-order valence-electron chi connectivity index (χ4n) is 1.26. The summed E-state index contributed by atoms with van der Waals surface area (Å²) in [6.45, 7) is 1.98. The molecule has 0 spiro atoms. The van der Waals surface area contributed by atoms with E-state index in [1.54, 1.807) is 7.11 Å². The van der Waals surface area contributed by atoms with E-state index in [2.05, 4.69) is 0 Å². The second kappa shape index (κ2) is 3.01. The first-order valence-electron chi connectivity index (χ1n) is 3.98. The molecule has 68 valence electrons. The topological polar surface area (TPSA) is 27.7 Å². The van der Waals surface area contributed by atoms with Gasteiger partial charge in [-0.1, -0.05) is 0 Å². The Morgan fingerprint density at radius 2 is 1.92 bits per heavy atom. The summed E-state index contributed by atoms with van der Waals surface area (Å²) in [5, 5.41) is 0. The summed E-state index contributed by atoms with van der Waals surface area (Å²) in [5.41, 5.74) is 1.08. The van der Waals surface area contributed by atoms with Gasteiger partial charge in [0.1, 0.15) is 12.5 Å². The van der Waals surface area contributed by atoms with Crippen molar-refractivity contribution >= 4 is 0 Å². The van der Waals surface area contributed by atoms with Gasteiger partial charge in [0.15, 0.2) is 11.5 Å². The lowest BCUT2D eigenvalue weighted by molar-refractivity contribution is 0.329. The molecule has 0 aromatic heterocycles. The standard InChI is InChI=1S/C10H10O3/c1-7-5-8(11-2)10-9(6-7)12-3-4-13-10/h3-6H,1-2H3. The number of hydrogen-bond donors (Lipinski definition) is 0. The molecule has 1 aliphatic heterocycles. The molecule has 0 bridgehead atoms. The van der Waals surface area contributed by atoms with Crippen LogP contribution in [0.5, 0.6) is 17.2 Å². The number of benzene rings is 1. The van der Waals surface area contributed by atoms with Crippen LogP contribution in [-0.2, 0) is 0 Å². The lowest BCUT2D eigenvalue weighted by Gasteiger charge is -2.15. The summed E-state index contributed by atoms with van der Waals surface area (Å²) in [6.07, 6.45) is 2.99. The van der Waals surface area contributed by atoms with Crippen LogP contribution in [0, 0.1) is 6.92 Å². The van der Waals surface area contributed by atoms with Gasteiger partial charge in [-0.05, 0) is 24.6 Å². The van der Waals surface area contributed by atoms with Crippen LogP contribution in [0.2, 0.25) is 0 Å². The molecule has 1 heterocycles.